The number of aromatic amines is 1. The van der Waals surface area contributed by atoms with Crippen LogP contribution < -0.4 is 10.1 Å². The van der Waals surface area contributed by atoms with Crippen LogP contribution in [0.15, 0.2) is 36.8 Å². The van der Waals surface area contributed by atoms with Crippen molar-refractivity contribution in [3.63, 3.8) is 0 Å². The molecule has 3 N–H and O–H groups in total. The van der Waals surface area contributed by atoms with E-state index in [1.807, 2.05) is 0 Å². The average molecular weight is 331 g/mol. The smallest absolute Gasteiger partial charge is 0.326 e. The van der Waals surface area contributed by atoms with Crippen LogP contribution in [0.3, 0.4) is 0 Å². The van der Waals surface area contributed by atoms with Gasteiger partial charge in [-0.25, -0.2) is 9.78 Å². The Morgan fingerprint density at radius 3 is 2.67 bits per heavy atom. The van der Waals surface area contributed by atoms with Crippen LogP contribution >= 0.6 is 0 Å². The summed E-state index contributed by atoms with van der Waals surface area (Å²) in [4.78, 5) is 30.2. The molecule has 1 unspecified atom stereocenters. The van der Waals surface area contributed by atoms with Gasteiger partial charge in [-0.3, -0.25) is 4.79 Å². The summed E-state index contributed by atoms with van der Waals surface area (Å²) in [6.07, 6.45) is 5.15. The Labute approximate surface area is 140 Å². The van der Waals surface area contributed by atoms with E-state index in [2.05, 4.69) is 22.2 Å². The normalized spacial score (nSPS) is 11.7. The Bertz CT molecular complexity index is 653. The Kier molecular flexibility index (Phi) is 6.36. The number of amides is 1. The Morgan fingerprint density at radius 2 is 2.08 bits per heavy atom. The molecule has 0 spiro atoms. The van der Waals surface area contributed by atoms with Crippen LogP contribution in [0.1, 0.15) is 35.8 Å². The lowest BCUT2D eigenvalue weighted by Crippen LogP contribution is -2.42. The molecule has 0 aliphatic heterocycles. The summed E-state index contributed by atoms with van der Waals surface area (Å²) in [7, 11) is 0. The van der Waals surface area contributed by atoms with Gasteiger partial charge in [-0.15, -0.1) is 0 Å². The highest BCUT2D eigenvalue weighted by atomic mass is 16.5. The molecule has 24 heavy (non-hydrogen) atoms. The lowest BCUT2D eigenvalue weighted by Gasteiger charge is -2.14. The largest absolute Gasteiger partial charge is 0.494 e. The summed E-state index contributed by atoms with van der Waals surface area (Å²) >= 11 is 0. The molecule has 0 saturated carbocycles. The van der Waals surface area contributed by atoms with Crippen molar-refractivity contribution in [1.82, 2.24) is 15.3 Å². The molecule has 7 nitrogen and oxygen atoms in total. The Balaban J connectivity index is 1.95. The number of imidazole rings is 1. The number of hydrogen-bond donors (Lipinski definition) is 3. The van der Waals surface area contributed by atoms with Gasteiger partial charge in [0.1, 0.15) is 11.8 Å². The molecule has 7 heteroatoms. The number of carboxylic acids is 1. The summed E-state index contributed by atoms with van der Waals surface area (Å²) in [6.45, 7) is 2.71. The van der Waals surface area contributed by atoms with E-state index in [0.29, 0.717) is 23.6 Å². The number of carboxylic acid groups (broad SMARTS) is 1. The monoisotopic (exact) mass is 331 g/mol. The van der Waals surface area contributed by atoms with Crippen molar-refractivity contribution in [3.8, 4) is 5.75 Å². The average Bonchev–Trinajstić information content (AvgIpc) is 3.08. The third-order valence-corrected chi connectivity index (χ3v) is 3.47. The fourth-order valence-corrected chi connectivity index (χ4v) is 2.09. The fourth-order valence-electron chi connectivity index (χ4n) is 2.09. The molecule has 1 amide bonds. The van der Waals surface area contributed by atoms with Gasteiger partial charge < -0.3 is 20.1 Å². The quantitative estimate of drug-likeness (QED) is 0.610. The topological polar surface area (TPSA) is 104 Å². The molecule has 128 valence electrons. The molecule has 1 aromatic heterocycles. The maximum absolute atomic E-state index is 12.2. The Hall–Kier alpha value is -2.83. The van der Waals surface area contributed by atoms with Gasteiger partial charge in [-0.1, -0.05) is 13.3 Å². The predicted molar refractivity (Wildman–Crippen MR) is 88.0 cm³/mol. The van der Waals surface area contributed by atoms with Crippen LogP contribution in [-0.4, -0.2) is 39.6 Å². The van der Waals surface area contributed by atoms with Crippen molar-refractivity contribution in [2.24, 2.45) is 0 Å². The van der Waals surface area contributed by atoms with E-state index in [-0.39, 0.29) is 6.42 Å². The zero-order chi connectivity index (χ0) is 17.4. The molecule has 1 atom stereocenters. The molecular weight excluding hydrogens is 310 g/mol. The maximum atomic E-state index is 12.2. The molecule has 0 fully saturated rings. The van der Waals surface area contributed by atoms with Crippen LogP contribution in [0.5, 0.6) is 5.75 Å². The highest BCUT2D eigenvalue weighted by molar-refractivity contribution is 5.96. The second kappa shape index (κ2) is 8.71. The second-order valence-electron chi connectivity index (χ2n) is 5.37. The number of rotatable bonds is 9. The number of H-pyrrole nitrogens is 1. The SMILES string of the molecule is CCCCOc1ccc(C(=O)NC(Cc2cnc[nH]2)C(=O)O)cc1. The number of nitrogens with zero attached hydrogens (tertiary/aromatic N) is 1. The number of nitrogens with one attached hydrogen (secondary N) is 2. The minimum absolute atomic E-state index is 0.138. The molecule has 1 heterocycles. The second-order valence-corrected chi connectivity index (χ2v) is 5.37. The molecule has 2 rings (SSSR count). The number of aliphatic carboxylic acids is 1. The first-order valence-corrected chi connectivity index (χ1v) is 7.84. The molecule has 0 saturated heterocycles. The van der Waals surface area contributed by atoms with E-state index in [1.54, 1.807) is 24.3 Å². The van der Waals surface area contributed by atoms with Gasteiger partial charge in [-0.2, -0.15) is 0 Å². The number of ether oxygens (including phenoxy) is 1. The van der Waals surface area contributed by atoms with E-state index in [0.717, 1.165) is 12.8 Å². The molecule has 0 aliphatic rings. The molecule has 0 radical (unpaired) electrons. The predicted octanol–water partition coefficient (Wildman–Crippen LogP) is 2.01. The summed E-state index contributed by atoms with van der Waals surface area (Å²) in [5, 5.41) is 11.8. The zero-order valence-electron chi connectivity index (χ0n) is 13.5. The van der Waals surface area contributed by atoms with Crippen LogP contribution in [0, 0.1) is 0 Å². The van der Waals surface area contributed by atoms with Crippen molar-refractivity contribution in [2.45, 2.75) is 32.2 Å². The summed E-state index contributed by atoms with van der Waals surface area (Å²) < 4.78 is 5.53. The number of carbonyl (C=O) groups excluding carboxylic acids is 1. The van der Waals surface area contributed by atoms with E-state index >= 15 is 0 Å². The van der Waals surface area contributed by atoms with Crippen molar-refractivity contribution < 1.29 is 19.4 Å². The van der Waals surface area contributed by atoms with Crippen molar-refractivity contribution in [3.05, 3.63) is 48.0 Å². The highest BCUT2D eigenvalue weighted by Gasteiger charge is 2.21. The highest BCUT2D eigenvalue weighted by Crippen LogP contribution is 2.13. The molecule has 1 aromatic carbocycles. The lowest BCUT2D eigenvalue weighted by atomic mass is 10.1. The summed E-state index contributed by atoms with van der Waals surface area (Å²) in [6, 6.07) is 5.61. The third-order valence-electron chi connectivity index (χ3n) is 3.47. The van der Waals surface area contributed by atoms with E-state index in [1.165, 1.54) is 12.5 Å². The van der Waals surface area contributed by atoms with Gasteiger partial charge in [0.2, 0.25) is 0 Å². The van der Waals surface area contributed by atoms with Gasteiger partial charge in [0.15, 0.2) is 0 Å². The van der Waals surface area contributed by atoms with Crippen LogP contribution in [0.4, 0.5) is 0 Å². The van der Waals surface area contributed by atoms with Crippen molar-refractivity contribution in [2.75, 3.05) is 6.61 Å². The minimum Gasteiger partial charge on any atom is -0.494 e. The molecule has 2 aromatic rings. The number of carbonyl (C=O) groups is 2. The number of hydrogen-bond acceptors (Lipinski definition) is 4. The van der Waals surface area contributed by atoms with Gasteiger partial charge in [0.25, 0.3) is 5.91 Å². The zero-order valence-corrected chi connectivity index (χ0v) is 13.5. The molecule has 0 bridgehead atoms. The number of aromatic nitrogens is 2. The van der Waals surface area contributed by atoms with Crippen molar-refractivity contribution in [1.29, 1.82) is 0 Å². The fraction of sp³-hybridized carbons (Fsp3) is 0.353. The Morgan fingerprint density at radius 1 is 1.33 bits per heavy atom. The first-order chi connectivity index (χ1) is 11.6. The minimum atomic E-state index is -1.10. The van der Waals surface area contributed by atoms with Gasteiger partial charge >= 0.3 is 5.97 Å². The van der Waals surface area contributed by atoms with E-state index < -0.39 is 17.9 Å². The van der Waals surface area contributed by atoms with Gasteiger partial charge in [0, 0.05) is 23.9 Å². The van der Waals surface area contributed by atoms with Gasteiger partial charge in [-0.05, 0) is 30.7 Å². The first-order valence-electron chi connectivity index (χ1n) is 7.84. The van der Waals surface area contributed by atoms with Gasteiger partial charge in [0.05, 0.1) is 12.9 Å². The third kappa shape index (κ3) is 5.12. The van der Waals surface area contributed by atoms with Crippen LogP contribution in [0.25, 0.3) is 0 Å². The number of benzene rings is 1. The molecule has 0 aliphatic carbocycles. The summed E-state index contributed by atoms with van der Waals surface area (Å²) in [5.74, 6) is -0.855. The molecular formula is C17H21N3O4. The van der Waals surface area contributed by atoms with Crippen molar-refractivity contribution >= 4 is 11.9 Å². The number of unbranched alkanes of at least 4 members (excludes halogenated alkanes) is 1. The standard InChI is InChI=1S/C17H21N3O4/c1-2-3-8-24-14-6-4-12(5-7-14)16(21)20-15(17(22)23)9-13-10-18-11-19-13/h4-7,10-11,15H,2-3,8-9H2,1H3,(H,18,19)(H,20,21)(H,22,23). The summed E-state index contributed by atoms with van der Waals surface area (Å²) in [5.41, 5.74) is 1.02. The maximum Gasteiger partial charge on any atom is 0.326 e. The van der Waals surface area contributed by atoms with E-state index in [4.69, 9.17) is 4.74 Å². The van der Waals surface area contributed by atoms with Crippen LogP contribution in [-0.2, 0) is 11.2 Å². The van der Waals surface area contributed by atoms with Crippen LogP contribution in [0.2, 0.25) is 0 Å². The lowest BCUT2D eigenvalue weighted by molar-refractivity contribution is -0.139. The first kappa shape index (κ1) is 17.5. The van der Waals surface area contributed by atoms with E-state index in [9.17, 15) is 14.7 Å².